The smallest absolute Gasteiger partial charge is 0.359 e. The summed E-state index contributed by atoms with van der Waals surface area (Å²) >= 11 is 0. The molecule has 0 bridgehead atoms. The van der Waals surface area contributed by atoms with Gasteiger partial charge in [0.05, 0.1) is 13.7 Å². The van der Waals surface area contributed by atoms with E-state index in [4.69, 9.17) is 18.9 Å². The summed E-state index contributed by atoms with van der Waals surface area (Å²) in [4.78, 5) is 13.2. The number of hydrogen-bond acceptors (Lipinski definition) is 6. The number of benzene rings is 3. The molecule has 0 aliphatic heterocycles. The summed E-state index contributed by atoms with van der Waals surface area (Å²) in [5, 5.41) is 10.2. The van der Waals surface area contributed by atoms with Crippen molar-refractivity contribution in [3.8, 4) is 29.0 Å². The van der Waals surface area contributed by atoms with Crippen molar-refractivity contribution in [2.75, 3.05) is 13.7 Å². The zero-order valence-corrected chi connectivity index (χ0v) is 20.1. The second-order valence-electron chi connectivity index (χ2n) is 7.77. The molecule has 3 aromatic carbocycles. The SMILES string of the molecule is CCOC(=O)c1c(OCc2ccccc2)c(OCc2ccccc2)c(C#N)n1-c1ccc(OC)cc1. The minimum Gasteiger partial charge on any atom is -0.497 e. The molecule has 0 saturated carbocycles. The van der Waals surface area contributed by atoms with Crippen molar-refractivity contribution in [2.24, 2.45) is 0 Å². The fourth-order valence-electron chi connectivity index (χ4n) is 3.73. The van der Waals surface area contributed by atoms with Crippen LogP contribution in [0.15, 0.2) is 84.9 Å². The van der Waals surface area contributed by atoms with Crippen LogP contribution >= 0.6 is 0 Å². The van der Waals surface area contributed by atoms with Gasteiger partial charge in [0, 0.05) is 5.69 Å². The third-order valence-corrected chi connectivity index (χ3v) is 5.44. The Kier molecular flexibility index (Phi) is 7.89. The van der Waals surface area contributed by atoms with Gasteiger partial charge in [0.1, 0.15) is 25.0 Å². The maximum absolute atomic E-state index is 13.2. The van der Waals surface area contributed by atoms with Crippen LogP contribution in [-0.2, 0) is 18.0 Å². The van der Waals surface area contributed by atoms with E-state index in [2.05, 4.69) is 6.07 Å². The van der Waals surface area contributed by atoms with Crippen LogP contribution in [0.2, 0.25) is 0 Å². The van der Waals surface area contributed by atoms with Gasteiger partial charge >= 0.3 is 5.97 Å². The van der Waals surface area contributed by atoms with E-state index < -0.39 is 5.97 Å². The molecule has 0 amide bonds. The van der Waals surface area contributed by atoms with Gasteiger partial charge in [-0.1, -0.05) is 60.7 Å². The summed E-state index contributed by atoms with van der Waals surface area (Å²) in [6, 6.07) is 28.3. The maximum atomic E-state index is 13.2. The Morgan fingerprint density at radius 2 is 1.39 bits per heavy atom. The third-order valence-electron chi connectivity index (χ3n) is 5.44. The quantitative estimate of drug-likeness (QED) is 0.270. The van der Waals surface area contributed by atoms with E-state index in [1.165, 1.54) is 4.57 Å². The molecule has 0 saturated heterocycles. The van der Waals surface area contributed by atoms with Crippen molar-refractivity contribution in [3.63, 3.8) is 0 Å². The first-order chi connectivity index (χ1) is 17.7. The molecule has 0 N–H and O–H groups in total. The Morgan fingerprint density at radius 3 is 1.89 bits per heavy atom. The lowest BCUT2D eigenvalue weighted by Crippen LogP contribution is -2.13. The number of esters is 1. The number of carbonyl (C=O) groups excluding carboxylic acids is 1. The molecule has 7 nitrogen and oxygen atoms in total. The van der Waals surface area contributed by atoms with E-state index in [-0.39, 0.29) is 42.7 Å². The molecule has 0 atom stereocenters. The molecule has 0 radical (unpaired) electrons. The highest BCUT2D eigenvalue weighted by Crippen LogP contribution is 2.41. The highest BCUT2D eigenvalue weighted by Gasteiger charge is 2.32. The Morgan fingerprint density at radius 1 is 0.833 bits per heavy atom. The molecular formula is C29H26N2O5. The van der Waals surface area contributed by atoms with E-state index in [9.17, 15) is 10.1 Å². The number of ether oxygens (including phenoxy) is 4. The predicted octanol–water partition coefficient (Wildman–Crippen LogP) is 5.69. The van der Waals surface area contributed by atoms with Gasteiger partial charge in [-0.3, -0.25) is 4.57 Å². The molecular weight excluding hydrogens is 456 g/mol. The number of aromatic nitrogens is 1. The predicted molar refractivity (Wildman–Crippen MR) is 135 cm³/mol. The lowest BCUT2D eigenvalue weighted by molar-refractivity contribution is 0.0511. The minimum absolute atomic E-state index is 0.0811. The van der Waals surface area contributed by atoms with Gasteiger partial charge < -0.3 is 18.9 Å². The second kappa shape index (κ2) is 11.6. The van der Waals surface area contributed by atoms with Crippen molar-refractivity contribution in [1.29, 1.82) is 5.26 Å². The van der Waals surface area contributed by atoms with Gasteiger partial charge in [-0.2, -0.15) is 5.26 Å². The molecule has 0 aliphatic carbocycles. The Labute approximate surface area is 210 Å². The Bertz CT molecular complexity index is 1340. The molecule has 4 rings (SSSR count). The van der Waals surface area contributed by atoms with Crippen LogP contribution in [0.3, 0.4) is 0 Å². The van der Waals surface area contributed by atoms with Crippen molar-refractivity contribution >= 4 is 5.97 Å². The van der Waals surface area contributed by atoms with Gasteiger partial charge in [0.15, 0.2) is 22.9 Å². The molecule has 182 valence electrons. The van der Waals surface area contributed by atoms with Crippen LogP contribution in [-0.4, -0.2) is 24.3 Å². The largest absolute Gasteiger partial charge is 0.497 e. The molecule has 1 aromatic heterocycles. The summed E-state index contributed by atoms with van der Waals surface area (Å²) < 4.78 is 24.5. The van der Waals surface area contributed by atoms with Gasteiger partial charge in [-0.05, 0) is 42.3 Å². The molecule has 0 fully saturated rings. The fraction of sp³-hybridized carbons (Fsp3) is 0.172. The molecule has 4 aromatic rings. The van der Waals surface area contributed by atoms with E-state index in [1.807, 2.05) is 60.7 Å². The second-order valence-corrected chi connectivity index (χ2v) is 7.77. The number of nitriles is 1. The Balaban J connectivity index is 1.86. The topological polar surface area (TPSA) is 82.7 Å². The number of hydrogen-bond donors (Lipinski definition) is 0. The van der Waals surface area contributed by atoms with E-state index in [1.54, 1.807) is 38.3 Å². The van der Waals surface area contributed by atoms with Gasteiger partial charge in [-0.15, -0.1) is 0 Å². The maximum Gasteiger partial charge on any atom is 0.359 e. The average Bonchev–Trinajstić information content (AvgIpc) is 3.25. The normalized spacial score (nSPS) is 10.4. The highest BCUT2D eigenvalue weighted by molar-refractivity contribution is 5.94. The molecule has 0 aliphatic rings. The van der Waals surface area contributed by atoms with Gasteiger partial charge in [0.2, 0.25) is 0 Å². The first kappa shape index (κ1) is 24.4. The first-order valence-electron chi connectivity index (χ1n) is 11.5. The number of rotatable bonds is 10. The fourth-order valence-corrected chi connectivity index (χ4v) is 3.73. The molecule has 36 heavy (non-hydrogen) atoms. The van der Waals surface area contributed by atoms with Crippen LogP contribution in [0.1, 0.15) is 34.2 Å². The van der Waals surface area contributed by atoms with Crippen LogP contribution < -0.4 is 14.2 Å². The monoisotopic (exact) mass is 482 g/mol. The van der Waals surface area contributed by atoms with Crippen molar-refractivity contribution in [3.05, 3.63) is 107 Å². The van der Waals surface area contributed by atoms with Gasteiger partial charge in [0.25, 0.3) is 0 Å². The standard InChI is InChI=1S/C29H26N2O5/c1-3-34-29(32)26-28(36-20-22-12-8-5-9-13-22)27(35-19-21-10-6-4-7-11-21)25(18-30)31(26)23-14-16-24(33-2)17-15-23/h4-17H,3,19-20H2,1-2H3. The summed E-state index contributed by atoms with van der Waals surface area (Å²) in [6.45, 7) is 2.24. The van der Waals surface area contributed by atoms with Crippen LogP contribution in [0.5, 0.6) is 17.2 Å². The third kappa shape index (κ3) is 5.34. The lowest BCUT2D eigenvalue weighted by Gasteiger charge is -2.12. The highest BCUT2D eigenvalue weighted by atomic mass is 16.5. The van der Waals surface area contributed by atoms with Crippen LogP contribution in [0.25, 0.3) is 5.69 Å². The number of methoxy groups -OCH3 is 1. The first-order valence-corrected chi connectivity index (χ1v) is 11.5. The van der Waals surface area contributed by atoms with Gasteiger partial charge in [-0.25, -0.2) is 4.79 Å². The summed E-state index contributed by atoms with van der Waals surface area (Å²) in [5.74, 6) is 0.349. The summed E-state index contributed by atoms with van der Waals surface area (Å²) in [5.41, 5.74) is 2.58. The number of nitrogens with zero attached hydrogens (tertiary/aromatic N) is 2. The Hall–Kier alpha value is -4.70. The van der Waals surface area contributed by atoms with Crippen molar-refractivity contribution in [1.82, 2.24) is 4.57 Å². The van der Waals surface area contributed by atoms with E-state index >= 15 is 0 Å². The zero-order chi connectivity index (χ0) is 25.3. The van der Waals surface area contributed by atoms with E-state index in [0.717, 1.165) is 11.1 Å². The van der Waals surface area contributed by atoms with E-state index in [0.29, 0.717) is 11.4 Å². The molecule has 1 heterocycles. The zero-order valence-electron chi connectivity index (χ0n) is 20.1. The van der Waals surface area contributed by atoms with Crippen molar-refractivity contribution in [2.45, 2.75) is 20.1 Å². The minimum atomic E-state index is -0.623. The summed E-state index contributed by atoms with van der Waals surface area (Å²) in [7, 11) is 1.57. The summed E-state index contributed by atoms with van der Waals surface area (Å²) in [6.07, 6.45) is 0. The van der Waals surface area contributed by atoms with Crippen LogP contribution in [0, 0.1) is 11.3 Å². The van der Waals surface area contributed by atoms with Crippen molar-refractivity contribution < 1.29 is 23.7 Å². The van der Waals surface area contributed by atoms with Crippen LogP contribution in [0.4, 0.5) is 0 Å². The number of carbonyl (C=O) groups is 1. The molecule has 0 spiro atoms. The molecule has 7 heteroatoms. The molecule has 0 unspecified atom stereocenters. The lowest BCUT2D eigenvalue weighted by atomic mass is 10.2. The average molecular weight is 483 g/mol.